The van der Waals surface area contributed by atoms with Gasteiger partial charge in [-0.25, -0.2) is 0 Å². The Balaban J connectivity index is 2.40. The highest BCUT2D eigenvalue weighted by Crippen LogP contribution is 2.38. The highest BCUT2D eigenvalue weighted by atomic mass is 16.3. The van der Waals surface area contributed by atoms with Gasteiger partial charge < -0.3 is 5.11 Å². The molecule has 0 aromatic carbocycles. The van der Waals surface area contributed by atoms with E-state index in [0.29, 0.717) is 12.5 Å². The number of β-amino-alcohol motifs (C(OH)–C–C–N with tert-alkyl or cyclic N) is 1. The molecule has 3 heteroatoms. The van der Waals surface area contributed by atoms with Crippen molar-refractivity contribution in [2.75, 3.05) is 13.2 Å². The third kappa shape index (κ3) is 1.92. The summed E-state index contributed by atoms with van der Waals surface area (Å²) in [5, 5.41) is 20.4. The molecule has 0 heterocycles. The first-order chi connectivity index (χ1) is 5.23. The molecule has 0 aromatic rings. The van der Waals surface area contributed by atoms with E-state index < -0.39 is 5.54 Å². The van der Waals surface area contributed by atoms with E-state index in [1.165, 1.54) is 0 Å². The second-order valence-electron chi connectivity index (χ2n) is 3.24. The SMILES string of the molecule is C[C@@](C#N)(NCCO)C1CC1. The van der Waals surface area contributed by atoms with Crippen molar-refractivity contribution in [3.05, 3.63) is 0 Å². The maximum atomic E-state index is 8.83. The Morgan fingerprint density at radius 2 is 2.36 bits per heavy atom. The van der Waals surface area contributed by atoms with Crippen molar-refractivity contribution in [1.29, 1.82) is 5.26 Å². The Bertz CT molecular complexity index is 171. The van der Waals surface area contributed by atoms with Crippen LogP contribution >= 0.6 is 0 Å². The van der Waals surface area contributed by atoms with Crippen LogP contribution < -0.4 is 5.32 Å². The molecule has 1 atom stereocenters. The van der Waals surface area contributed by atoms with Gasteiger partial charge in [-0.2, -0.15) is 5.26 Å². The topological polar surface area (TPSA) is 56.0 Å². The number of nitrogens with one attached hydrogen (secondary N) is 1. The molecular weight excluding hydrogens is 140 g/mol. The van der Waals surface area contributed by atoms with Crippen molar-refractivity contribution in [3.8, 4) is 6.07 Å². The van der Waals surface area contributed by atoms with E-state index >= 15 is 0 Å². The second-order valence-corrected chi connectivity index (χ2v) is 3.24. The maximum absolute atomic E-state index is 8.83. The fourth-order valence-corrected chi connectivity index (χ4v) is 1.25. The molecule has 0 bridgehead atoms. The molecule has 0 unspecified atom stereocenters. The Kier molecular flexibility index (Phi) is 2.48. The van der Waals surface area contributed by atoms with Gasteiger partial charge >= 0.3 is 0 Å². The predicted molar refractivity (Wildman–Crippen MR) is 41.8 cm³/mol. The molecule has 0 radical (unpaired) electrons. The number of aliphatic hydroxyl groups is 1. The lowest BCUT2D eigenvalue weighted by molar-refractivity contribution is 0.269. The Morgan fingerprint density at radius 1 is 1.73 bits per heavy atom. The summed E-state index contributed by atoms with van der Waals surface area (Å²) < 4.78 is 0. The van der Waals surface area contributed by atoms with E-state index in [1.54, 1.807) is 0 Å². The second kappa shape index (κ2) is 3.21. The molecular formula is C8H14N2O. The summed E-state index contributed by atoms with van der Waals surface area (Å²) in [6, 6.07) is 2.25. The van der Waals surface area contributed by atoms with E-state index in [2.05, 4.69) is 11.4 Å². The summed E-state index contributed by atoms with van der Waals surface area (Å²) in [4.78, 5) is 0. The van der Waals surface area contributed by atoms with E-state index in [9.17, 15) is 0 Å². The van der Waals surface area contributed by atoms with Crippen molar-refractivity contribution >= 4 is 0 Å². The van der Waals surface area contributed by atoms with Crippen molar-refractivity contribution in [1.82, 2.24) is 5.32 Å². The summed E-state index contributed by atoms with van der Waals surface area (Å²) in [5.74, 6) is 0.499. The average Bonchev–Trinajstić information content (AvgIpc) is 2.82. The van der Waals surface area contributed by atoms with E-state index in [0.717, 1.165) is 12.8 Å². The van der Waals surface area contributed by atoms with Crippen LogP contribution in [-0.2, 0) is 0 Å². The number of rotatable bonds is 4. The van der Waals surface area contributed by atoms with Gasteiger partial charge in [0.05, 0.1) is 12.7 Å². The summed E-state index contributed by atoms with van der Waals surface area (Å²) in [7, 11) is 0. The fraction of sp³-hybridized carbons (Fsp3) is 0.875. The Morgan fingerprint density at radius 3 is 2.73 bits per heavy atom. The normalized spacial score (nSPS) is 22.3. The van der Waals surface area contributed by atoms with Gasteiger partial charge in [0.1, 0.15) is 5.54 Å². The minimum atomic E-state index is -0.400. The third-order valence-electron chi connectivity index (χ3n) is 2.23. The number of hydrogen-bond donors (Lipinski definition) is 2. The highest BCUT2D eigenvalue weighted by Gasteiger charge is 2.41. The minimum Gasteiger partial charge on any atom is -0.395 e. The first-order valence-electron chi connectivity index (χ1n) is 4.00. The van der Waals surface area contributed by atoms with Crippen LogP contribution in [0.2, 0.25) is 0 Å². The van der Waals surface area contributed by atoms with Crippen LogP contribution in [0, 0.1) is 17.2 Å². The molecule has 11 heavy (non-hydrogen) atoms. The lowest BCUT2D eigenvalue weighted by atomic mass is 9.98. The molecule has 3 nitrogen and oxygen atoms in total. The quantitative estimate of drug-likeness (QED) is 0.610. The first kappa shape index (κ1) is 8.51. The van der Waals surface area contributed by atoms with Crippen molar-refractivity contribution in [3.63, 3.8) is 0 Å². The van der Waals surface area contributed by atoms with Crippen LogP contribution in [0.1, 0.15) is 19.8 Å². The van der Waals surface area contributed by atoms with Crippen LogP contribution in [0.15, 0.2) is 0 Å². The van der Waals surface area contributed by atoms with Crippen molar-refractivity contribution in [2.24, 2.45) is 5.92 Å². The molecule has 62 valence electrons. The van der Waals surface area contributed by atoms with Crippen molar-refractivity contribution < 1.29 is 5.11 Å². The molecule has 0 saturated heterocycles. The zero-order valence-electron chi connectivity index (χ0n) is 6.80. The van der Waals surface area contributed by atoms with Crippen LogP contribution in [0.25, 0.3) is 0 Å². The molecule has 1 aliphatic carbocycles. The van der Waals surface area contributed by atoms with Gasteiger partial charge in [-0.05, 0) is 25.7 Å². The highest BCUT2D eigenvalue weighted by molar-refractivity contribution is 5.12. The lowest BCUT2D eigenvalue weighted by Crippen LogP contribution is -2.44. The third-order valence-corrected chi connectivity index (χ3v) is 2.23. The monoisotopic (exact) mass is 154 g/mol. The number of nitriles is 1. The molecule has 0 spiro atoms. The summed E-state index contributed by atoms with van der Waals surface area (Å²) in [6.45, 7) is 2.52. The van der Waals surface area contributed by atoms with Crippen LogP contribution in [0.4, 0.5) is 0 Å². The molecule has 2 N–H and O–H groups in total. The molecule has 1 rings (SSSR count). The zero-order chi connectivity index (χ0) is 8.32. The van der Waals surface area contributed by atoms with E-state index in [1.807, 2.05) is 6.92 Å². The van der Waals surface area contributed by atoms with Gasteiger partial charge in [0, 0.05) is 6.54 Å². The minimum absolute atomic E-state index is 0.101. The summed E-state index contributed by atoms with van der Waals surface area (Å²) in [6.07, 6.45) is 2.28. The molecule has 0 amide bonds. The maximum Gasteiger partial charge on any atom is 0.106 e. The van der Waals surface area contributed by atoms with Gasteiger partial charge in [-0.3, -0.25) is 5.32 Å². The largest absolute Gasteiger partial charge is 0.395 e. The molecule has 0 aliphatic heterocycles. The molecule has 1 saturated carbocycles. The van der Waals surface area contributed by atoms with Gasteiger partial charge in [0.15, 0.2) is 0 Å². The van der Waals surface area contributed by atoms with Crippen LogP contribution in [0.5, 0.6) is 0 Å². The van der Waals surface area contributed by atoms with E-state index in [4.69, 9.17) is 10.4 Å². The smallest absolute Gasteiger partial charge is 0.106 e. The van der Waals surface area contributed by atoms with E-state index in [-0.39, 0.29) is 6.61 Å². The predicted octanol–water partition coefficient (Wildman–Crippen LogP) is 0.261. The standard InChI is InChI=1S/C8H14N2O/c1-8(6-9,7-2-3-7)10-4-5-11/h7,10-11H,2-5H2,1H3/t8-/m0/s1. The molecule has 1 aliphatic rings. The fourth-order valence-electron chi connectivity index (χ4n) is 1.25. The Labute approximate surface area is 67.0 Å². The number of hydrogen-bond acceptors (Lipinski definition) is 3. The molecule has 0 aromatic heterocycles. The van der Waals surface area contributed by atoms with Crippen LogP contribution in [0.3, 0.4) is 0 Å². The van der Waals surface area contributed by atoms with Gasteiger partial charge in [-0.1, -0.05) is 0 Å². The zero-order valence-corrected chi connectivity index (χ0v) is 6.80. The first-order valence-corrected chi connectivity index (χ1v) is 4.00. The lowest BCUT2D eigenvalue weighted by Gasteiger charge is -2.21. The Hall–Kier alpha value is -0.590. The number of aliphatic hydroxyl groups excluding tert-OH is 1. The van der Waals surface area contributed by atoms with Gasteiger partial charge in [0.2, 0.25) is 0 Å². The average molecular weight is 154 g/mol. The van der Waals surface area contributed by atoms with Gasteiger partial charge in [0.25, 0.3) is 0 Å². The van der Waals surface area contributed by atoms with Crippen LogP contribution in [-0.4, -0.2) is 23.8 Å². The summed E-state index contributed by atoms with van der Waals surface area (Å²) in [5.41, 5.74) is -0.400. The van der Waals surface area contributed by atoms with Gasteiger partial charge in [-0.15, -0.1) is 0 Å². The number of nitrogens with zero attached hydrogens (tertiary/aromatic N) is 1. The summed E-state index contributed by atoms with van der Waals surface area (Å²) >= 11 is 0. The molecule has 1 fully saturated rings. The van der Waals surface area contributed by atoms with Crippen molar-refractivity contribution in [2.45, 2.75) is 25.3 Å².